The molecular weight excluding hydrogens is 280 g/mol. The summed E-state index contributed by atoms with van der Waals surface area (Å²) in [5, 5.41) is 0. The van der Waals surface area contributed by atoms with E-state index in [0.717, 1.165) is 44.8 Å². The molecule has 0 unspecified atom stereocenters. The van der Waals surface area contributed by atoms with E-state index in [1.807, 2.05) is 17.9 Å². The summed E-state index contributed by atoms with van der Waals surface area (Å²) < 4.78 is 7.23. The van der Waals surface area contributed by atoms with Gasteiger partial charge >= 0.3 is 0 Å². The molecule has 1 fully saturated rings. The van der Waals surface area contributed by atoms with Gasteiger partial charge in [-0.05, 0) is 25.8 Å². The molecule has 0 saturated carbocycles. The Morgan fingerprint density at radius 1 is 1.41 bits per heavy atom. The number of aromatic nitrogens is 1. The number of carbonyl (C=O) groups is 1. The van der Waals surface area contributed by atoms with Gasteiger partial charge in [-0.2, -0.15) is 0 Å². The third kappa shape index (κ3) is 4.44. The Kier molecular flexibility index (Phi) is 6.19. The van der Waals surface area contributed by atoms with Crippen LogP contribution in [0.25, 0.3) is 0 Å². The number of hydrogen-bond acceptors (Lipinski definition) is 3. The van der Waals surface area contributed by atoms with Crippen LogP contribution in [0.3, 0.4) is 0 Å². The number of aryl methyl sites for hydroxylation is 1. The minimum atomic E-state index is -0.0416. The summed E-state index contributed by atoms with van der Waals surface area (Å²) >= 11 is 0. The number of amides is 1. The first-order valence-corrected chi connectivity index (χ1v) is 8.13. The third-order valence-electron chi connectivity index (χ3n) is 4.16. The number of hydrogen-bond donors (Lipinski definition) is 0. The second-order valence-electron chi connectivity index (χ2n) is 5.98. The molecule has 122 valence electrons. The number of rotatable bonds is 7. The Bertz CT molecular complexity index is 553. The molecule has 0 bridgehead atoms. The number of carbonyl (C=O) groups excluding carboxylic acids is 1. The van der Waals surface area contributed by atoms with Crippen LogP contribution in [0.4, 0.5) is 0 Å². The molecule has 1 amide bonds. The molecule has 0 N–H and O–H groups in total. The fraction of sp³-hybridized carbons (Fsp3) is 0.647. The summed E-state index contributed by atoms with van der Waals surface area (Å²) in [5.74, 6) is 0.588. The average Bonchev–Trinajstić information content (AvgIpc) is 2.96. The van der Waals surface area contributed by atoms with Crippen molar-refractivity contribution in [3.63, 3.8) is 0 Å². The minimum absolute atomic E-state index is 0.0416. The van der Waals surface area contributed by atoms with Crippen LogP contribution in [0.15, 0.2) is 23.0 Å². The smallest absolute Gasteiger partial charge is 0.250 e. The lowest BCUT2D eigenvalue weighted by molar-refractivity contribution is -0.130. The predicted octanol–water partition coefficient (Wildman–Crippen LogP) is 1.82. The van der Waals surface area contributed by atoms with Crippen LogP contribution in [0.1, 0.15) is 31.9 Å². The maximum Gasteiger partial charge on any atom is 0.250 e. The number of nitrogens with zero attached hydrogens (tertiary/aromatic N) is 2. The molecule has 1 aliphatic heterocycles. The van der Waals surface area contributed by atoms with E-state index >= 15 is 0 Å². The first kappa shape index (κ1) is 16.7. The number of ether oxygens (including phenoxy) is 1. The topological polar surface area (TPSA) is 51.5 Å². The quantitative estimate of drug-likeness (QED) is 0.722. The van der Waals surface area contributed by atoms with Crippen LogP contribution in [0.2, 0.25) is 0 Å². The first-order chi connectivity index (χ1) is 10.6. The van der Waals surface area contributed by atoms with Gasteiger partial charge in [0, 0.05) is 50.3 Å². The van der Waals surface area contributed by atoms with Crippen molar-refractivity contribution in [1.29, 1.82) is 0 Å². The summed E-state index contributed by atoms with van der Waals surface area (Å²) in [7, 11) is 0. The fourth-order valence-electron chi connectivity index (χ4n) is 2.87. The molecule has 1 aliphatic rings. The van der Waals surface area contributed by atoms with Crippen LogP contribution < -0.4 is 5.56 Å². The van der Waals surface area contributed by atoms with Crippen LogP contribution in [0.5, 0.6) is 0 Å². The van der Waals surface area contributed by atoms with E-state index < -0.39 is 0 Å². The van der Waals surface area contributed by atoms with Crippen molar-refractivity contribution in [2.24, 2.45) is 5.92 Å². The van der Waals surface area contributed by atoms with E-state index in [-0.39, 0.29) is 11.5 Å². The van der Waals surface area contributed by atoms with E-state index in [0.29, 0.717) is 18.9 Å². The Morgan fingerprint density at radius 2 is 2.23 bits per heavy atom. The normalized spacial score (nSPS) is 17.9. The molecule has 1 saturated heterocycles. The molecule has 5 nitrogen and oxygen atoms in total. The number of likely N-dealkylation sites (tertiary alicyclic amines) is 1. The zero-order chi connectivity index (χ0) is 15.9. The van der Waals surface area contributed by atoms with Gasteiger partial charge in [0.1, 0.15) is 0 Å². The van der Waals surface area contributed by atoms with Crippen molar-refractivity contribution in [2.45, 2.75) is 39.7 Å². The van der Waals surface area contributed by atoms with Gasteiger partial charge in [-0.1, -0.05) is 13.0 Å². The van der Waals surface area contributed by atoms with Gasteiger partial charge in [0.05, 0.1) is 6.61 Å². The molecule has 0 aromatic carbocycles. The van der Waals surface area contributed by atoms with Gasteiger partial charge in [-0.3, -0.25) is 9.59 Å². The lowest BCUT2D eigenvalue weighted by Crippen LogP contribution is -2.31. The molecular formula is C17H26N2O3. The molecule has 22 heavy (non-hydrogen) atoms. The van der Waals surface area contributed by atoms with Gasteiger partial charge in [0.2, 0.25) is 5.91 Å². The molecule has 2 rings (SSSR count). The number of pyridine rings is 1. The fourth-order valence-corrected chi connectivity index (χ4v) is 2.87. The molecule has 1 aromatic heterocycles. The molecule has 2 heterocycles. The molecule has 0 radical (unpaired) electrons. The highest BCUT2D eigenvalue weighted by atomic mass is 16.5. The molecule has 5 heteroatoms. The van der Waals surface area contributed by atoms with E-state index in [1.54, 1.807) is 10.6 Å². The lowest BCUT2D eigenvalue weighted by atomic mass is 10.1. The van der Waals surface area contributed by atoms with E-state index in [2.05, 4.69) is 6.92 Å². The standard InChI is InChI=1S/C17H26N2O3/c1-3-11-22-13-15-7-9-18(12-15)16(20)8-10-19-14(2)5-4-6-17(19)21/h4-6,15H,3,7-13H2,1-2H3/t15-/m0/s1. The Hall–Kier alpha value is -1.62. The highest BCUT2D eigenvalue weighted by molar-refractivity contribution is 5.76. The van der Waals surface area contributed by atoms with Crippen LogP contribution in [0, 0.1) is 12.8 Å². The van der Waals surface area contributed by atoms with Crippen molar-refractivity contribution in [3.05, 3.63) is 34.2 Å². The van der Waals surface area contributed by atoms with Gasteiger partial charge in [-0.25, -0.2) is 0 Å². The van der Waals surface area contributed by atoms with Gasteiger partial charge in [0.25, 0.3) is 5.56 Å². The summed E-state index contributed by atoms with van der Waals surface area (Å²) in [6.45, 7) is 7.57. The monoisotopic (exact) mass is 306 g/mol. The van der Waals surface area contributed by atoms with Crippen LogP contribution >= 0.6 is 0 Å². The Balaban J connectivity index is 1.80. The van der Waals surface area contributed by atoms with Crippen LogP contribution in [-0.2, 0) is 16.1 Å². The second-order valence-corrected chi connectivity index (χ2v) is 5.98. The van der Waals surface area contributed by atoms with Crippen molar-refractivity contribution in [3.8, 4) is 0 Å². The maximum atomic E-state index is 12.3. The predicted molar refractivity (Wildman–Crippen MR) is 85.9 cm³/mol. The third-order valence-corrected chi connectivity index (χ3v) is 4.16. The average molecular weight is 306 g/mol. The summed E-state index contributed by atoms with van der Waals surface area (Å²) in [6.07, 6.45) is 2.42. The highest BCUT2D eigenvalue weighted by Crippen LogP contribution is 2.17. The Morgan fingerprint density at radius 3 is 2.95 bits per heavy atom. The zero-order valence-electron chi connectivity index (χ0n) is 13.6. The molecule has 1 atom stereocenters. The zero-order valence-corrected chi connectivity index (χ0v) is 13.6. The Labute approximate surface area is 131 Å². The lowest BCUT2D eigenvalue weighted by Gasteiger charge is -2.17. The molecule has 0 spiro atoms. The summed E-state index contributed by atoms with van der Waals surface area (Å²) in [6, 6.07) is 5.18. The largest absolute Gasteiger partial charge is 0.381 e. The van der Waals surface area contributed by atoms with E-state index in [1.165, 1.54) is 6.07 Å². The summed E-state index contributed by atoms with van der Waals surface area (Å²) in [4.78, 5) is 26.0. The maximum absolute atomic E-state index is 12.3. The first-order valence-electron chi connectivity index (χ1n) is 8.13. The van der Waals surface area contributed by atoms with Crippen LogP contribution in [-0.4, -0.2) is 41.7 Å². The highest BCUT2D eigenvalue weighted by Gasteiger charge is 2.26. The van der Waals surface area contributed by atoms with Crippen molar-refractivity contribution < 1.29 is 9.53 Å². The summed E-state index contributed by atoms with van der Waals surface area (Å²) in [5.41, 5.74) is 0.854. The van der Waals surface area contributed by atoms with E-state index in [9.17, 15) is 9.59 Å². The second kappa shape index (κ2) is 8.13. The SMILES string of the molecule is CCCOC[C@H]1CCN(C(=O)CCn2c(C)cccc2=O)C1. The van der Waals surface area contributed by atoms with Crippen molar-refractivity contribution in [1.82, 2.24) is 9.47 Å². The van der Waals surface area contributed by atoms with Crippen molar-refractivity contribution in [2.75, 3.05) is 26.3 Å². The van der Waals surface area contributed by atoms with Gasteiger partial charge in [0.15, 0.2) is 0 Å². The van der Waals surface area contributed by atoms with Gasteiger partial charge in [-0.15, -0.1) is 0 Å². The van der Waals surface area contributed by atoms with E-state index in [4.69, 9.17) is 4.74 Å². The van der Waals surface area contributed by atoms with Crippen molar-refractivity contribution >= 4 is 5.91 Å². The molecule has 1 aromatic rings. The molecule has 0 aliphatic carbocycles. The van der Waals surface area contributed by atoms with Gasteiger partial charge < -0.3 is 14.2 Å². The minimum Gasteiger partial charge on any atom is -0.381 e.